The lowest BCUT2D eigenvalue weighted by atomic mass is 9.87. The molecule has 26 heavy (non-hydrogen) atoms. The molecule has 0 fully saturated rings. The highest BCUT2D eigenvalue weighted by molar-refractivity contribution is 14.1. The van der Waals surface area contributed by atoms with Crippen molar-refractivity contribution in [1.29, 1.82) is 0 Å². The number of hydrogen-bond acceptors (Lipinski definition) is 4. The third-order valence-electron chi connectivity index (χ3n) is 3.76. The van der Waals surface area contributed by atoms with Crippen LogP contribution in [0.2, 0.25) is 0 Å². The molecule has 2 aromatic carbocycles. The van der Waals surface area contributed by atoms with Crippen molar-refractivity contribution in [3.05, 3.63) is 57.7 Å². The summed E-state index contributed by atoms with van der Waals surface area (Å²) in [6, 6.07) is 15.5. The number of amides is 2. The van der Waals surface area contributed by atoms with Crippen molar-refractivity contribution in [3.63, 3.8) is 0 Å². The maximum absolute atomic E-state index is 12.2. The lowest BCUT2D eigenvalue weighted by Crippen LogP contribution is -2.19. The lowest BCUT2D eigenvalue weighted by Gasteiger charge is -2.19. The van der Waals surface area contributed by atoms with E-state index in [0.717, 1.165) is 19.8 Å². The Morgan fingerprint density at radius 2 is 1.69 bits per heavy atom. The average molecular weight is 478 g/mol. The third kappa shape index (κ3) is 4.59. The smallest absolute Gasteiger partial charge is 0.308 e. The van der Waals surface area contributed by atoms with Gasteiger partial charge in [-0.05, 0) is 51.8 Å². The van der Waals surface area contributed by atoms with E-state index >= 15 is 0 Å². The van der Waals surface area contributed by atoms with Crippen LogP contribution >= 0.6 is 33.9 Å². The van der Waals surface area contributed by atoms with E-state index in [2.05, 4.69) is 64.2 Å². The summed E-state index contributed by atoms with van der Waals surface area (Å²) in [5.41, 5.74) is 3.04. The molecule has 3 rings (SSSR count). The first-order chi connectivity index (χ1) is 12.3. The van der Waals surface area contributed by atoms with Crippen LogP contribution in [0.5, 0.6) is 0 Å². The SMILES string of the molecule is CC(C)(C)c1ccc(NC(=O)Nc2nnc(-c3ccccc3I)s2)cc1. The first-order valence-corrected chi connectivity index (χ1v) is 9.99. The standard InChI is InChI=1S/C19H19IN4OS/c1-19(2,3)12-8-10-13(11-9-12)21-17(25)22-18-24-23-16(26-18)14-6-4-5-7-15(14)20/h4-11H,1-3H3,(H2,21,22,24,25). The van der Waals surface area contributed by atoms with E-state index in [4.69, 9.17) is 0 Å². The molecule has 0 saturated heterocycles. The molecule has 0 unspecified atom stereocenters. The van der Waals surface area contributed by atoms with Crippen LogP contribution < -0.4 is 10.6 Å². The number of urea groups is 1. The van der Waals surface area contributed by atoms with Crippen LogP contribution in [-0.2, 0) is 5.41 Å². The molecule has 134 valence electrons. The van der Waals surface area contributed by atoms with E-state index in [-0.39, 0.29) is 11.4 Å². The average Bonchev–Trinajstić information content (AvgIpc) is 3.03. The fourth-order valence-electron chi connectivity index (χ4n) is 2.33. The molecule has 3 aromatic rings. The molecule has 5 nitrogen and oxygen atoms in total. The summed E-state index contributed by atoms with van der Waals surface area (Å²) in [7, 11) is 0. The second-order valence-electron chi connectivity index (χ2n) is 6.80. The van der Waals surface area contributed by atoms with Gasteiger partial charge in [0.15, 0.2) is 5.01 Å². The monoisotopic (exact) mass is 478 g/mol. The summed E-state index contributed by atoms with van der Waals surface area (Å²) in [4.78, 5) is 12.2. The molecule has 0 aliphatic carbocycles. The minimum atomic E-state index is -0.334. The number of halogens is 1. The van der Waals surface area contributed by atoms with Gasteiger partial charge in [0, 0.05) is 14.8 Å². The van der Waals surface area contributed by atoms with Crippen LogP contribution in [0.3, 0.4) is 0 Å². The van der Waals surface area contributed by atoms with Gasteiger partial charge in [-0.3, -0.25) is 5.32 Å². The number of rotatable bonds is 3. The van der Waals surface area contributed by atoms with Gasteiger partial charge in [-0.25, -0.2) is 4.79 Å². The second kappa shape index (κ2) is 7.71. The van der Waals surface area contributed by atoms with Crippen molar-refractivity contribution < 1.29 is 4.79 Å². The Labute approximate surface area is 170 Å². The number of aromatic nitrogens is 2. The molecule has 7 heteroatoms. The van der Waals surface area contributed by atoms with Crippen LogP contribution in [-0.4, -0.2) is 16.2 Å². The maximum Gasteiger partial charge on any atom is 0.325 e. The lowest BCUT2D eigenvalue weighted by molar-refractivity contribution is 0.262. The predicted molar refractivity (Wildman–Crippen MR) is 116 cm³/mol. The Balaban J connectivity index is 1.65. The van der Waals surface area contributed by atoms with Gasteiger partial charge in [0.05, 0.1) is 0 Å². The molecular weight excluding hydrogens is 459 g/mol. The summed E-state index contributed by atoms with van der Waals surface area (Å²) in [5, 5.41) is 15.0. The van der Waals surface area contributed by atoms with Gasteiger partial charge in [0.2, 0.25) is 5.13 Å². The van der Waals surface area contributed by atoms with Crippen molar-refractivity contribution in [3.8, 4) is 10.6 Å². The van der Waals surface area contributed by atoms with Gasteiger partial charge in [0.1, 0.15) is 0 Å². The zero-order valence-electron chi connectivity index (χ0n) is 14.7. The highest BCUT2D eigenvalue weighted by atomic mass is 127. The van der Waals surface area contributed by atoms with E-state index in [0.29, 0.717) is 5.13 Å². The Hall–Kier alpha value is -2.00. The normalized spacial score (nSPS) is 11.2. The Morgan fingerprint density at radius 1 is 1.00 bits per heavy atom. The van der Waals surface area contributed by atoms with Crippen LogP contribution in [0.25, 0.3) is 10.6 Å². The minimum Gasteiger partial charge on any atom is -0.308 e. The molecule has 0 saturated carbocycles. The fourth-order valence-corrected chi connectivity index (χ4v) is 3.93. The topological polar surface area (TPSA) is 66.9 Å². The number of benzene rings is 2. The summed E-state index contributed by atoms with van der Waals surface area (Å²) in [5.74, 6) is 0. The molecule has 2 amide bonds. The molecular formula is C19H19IN4OS. The summed E-state index contributed by atoms with van der Waals surface area (Å²) < 4.78 is 1.09. The number of nitrogens with zero attached hydrogens (tertiary/aromatic N) is 2. The van der Waals surface area contributed by atoms with Gasteiger partial charge in [-0.15, -0.1) is 10.2 Å². The number of carbonyl (C=O) groups is 1. The maximum atomic E-state index is 12.2. The van der Waals surface area contributed by atoms with E-state index in [9.17, 15) is 4.79 Å². The Morgan fingerprint density at radius 3 is 2.35 bits per heavy atom. The van der Waals surface area contributed by atoms with Crippen LogP contribution in [0.1, 0.15) is 26.3 Å². The highest BCUT2D eigenvalue weighted by Gasteiger charge is 2.14. The third-order valence-corrected chi connectivity index (χ3v) is 5.57. The van der Waals surface area contributed by atoms with E-state index in [1.165, 1.54) is 16.9 Å². The Kier molecular flexibility index (Phi) is 5.57. The molecule has 0 radical (unpaired) electrons. The van der Waals surface area contributed by atoms with Crippen LogP contribution in [0, 0.1) is 3.57 Å². The summed E-state index contributed by atoms with van der Waals surface area (Å²) >= 11 is 3.61. The molecule has 2 N–H and O–H groups in total. The van der Waals surface area contributed by atoms with E-state index in [1.807, 2.05) is 48.5 Å². The van der Waals surface area contributed by atoms with Gasteiger partial charge < -0.3 is 5.32 Å². The number of nitrogens with one attached hydrogen (secondary N) is 2. The van der Waals surface area contributed by atoms with Crippen LogP contribution in [0.15, 0.2) is 48.5 Å². The quantitative estimate of drug-likeness (QED) is 0.471. The van der Waals surface area contributed by atoms with Crippen molar-refractivity contribution in [2.45, 2.75) is 26.2 Å². The summed E-state index contributed by atoms with van der Waals surface area (Å²) in [6.45, 7) is 6.47. The zero-order chi connectivity index (χ0) is 18.7. The van der Waals surface area contributed by atoms with Gasteiger partial charge in [0.25, 0.3) is 0 Å². The molecule has 0 aliphatic rings. The largest absolute Gasteiger partial charge is 0.325 e. The predicted octanol–water partition coefficient (Wildman–Crippen LogP) is 5.75. The van der Waals surface area contributed by atoms with Gasteiger partial charge in [-0.1, -0.05) is 62.4 Å². The number of carbonyl (C=O) groups excluding carboxylic acids is 1. The van der Waals surface area contributed by atoms with Gasteiger partial charge >= 0.3 is 6.03 Å². The number of anilines is 2. The molecule has 0 atom stereocenters. The van der Waals surface area contributed by atoms with Crippen molar-refractivity contribution >= 4 is 50.8 Å². The Bertz CT molecular complexity index is 916. The van der Waals surface area contributed by atoms with E-state index in [1.54, 1.807) is 0 Å². The molecule has 0 bridgehead atoms. The molecule has 1 aromatic heterocycles. The first-order valence-electron chi connectivity index (χ1n) is 8.10. The molecule has 1 heterocycles. The minimum absolute atomic E-state index is 0.0820. The fraction of sp³-hybridized carbons (Fsp3) is 0.211. The number of hydrogen-bond donors (Lipinski definition) is 2. The van der Waals surface area contributed by atoms with Crippen molar-refractivity contribution in [2.75, 3.05) is 10.6 Å². The molecule has 0 spiro atoms. The summed E-state index contributed by atoms with van der Waals surface area (Å²) in [6.07, 6.45) is 0. The van der Waals surface area contributed by atoms with Crippen molar-refractivity contribution in [2.24, 2.45) is 0 Å². The highest BCUT2D eigenvalue weighted by Crippen LogP contribution is 2.30. The molecule has 0 aliphatic heterocycles. The second-order valence-corrected chi connectivity index (χ2v) is 8.94. The van der Waals surface area contributed by atoms with Gasteiger partial charge in [-0.2, -0.15) is 0 Å². The van der Waals surface area contributed by atoms with Crippen LogP contribution in [0.4, 0.5) is 15.6 Å². The zero-order valence-corrected chi connectivity index (χ0v) is 17.7. The van der Waals surface area contributed by atoms with Crippen molar-refractivity contribution in [1.82, 2.24) is 10.2 Å². The first kappa shape index (κ1) is 18.8. The van der Waals surface area contributed by atoms with E-state index < -0.39 is 0 Å².